The molecule has 64 valence electrons. The van der Waals surface area contributed by atoms with Crippen LogP contribution in [-0.4, -0.2) is 42.1 Å². The zero-order valence-electron chi connectivity index (χ0n) is 6.79. The van der Waals surface area contributed by atoms with E-state index in [1.807, 2.05) is 0 Å². The summed E-state index contributed by atoms with van der Waals surface area (Å²) in [6.45, 7) is 1.85. The quantitative estimate of drug-likeness (QED) is 0.569. The van der Waals surface area contributed by atoms with Gasteiger partial charge in [0.25, 0.3) is 0 Å². The number of hydrogen-bond donors (Lipinski definition) is 0. The number of halogens is 1. The molecule has 0 radical (unpaired) electrons. The van der Waals surface area contributed by atoms with Crippen LogP contribution in [0.3, 0.4) is 0 Å². The van der Waals surface area contributed by atoms with Crippen molar-refractivity contribution in [1.82, 2.24) is 4.90 Å². The van der Waals surface area contributed by atoms with E-state index < -0.39 is 0 Å². The van der Waals surface area contributed by atoms with E-state index in [4.69, 9.17) is 4.74 Å². The Hall–Kier alpha value is 0.400. The Morgan fingerprint density at radius 2 is 1.82 bits per heavy atom. The minimum absolute atomic E-state index is 0.659. The summed E-state index contributed by atoms with van der Waals surface area (Å²) in [6.07, 6.45) is 2.49. The third-order valence-corrected chi connectivity index (χ3v) is 3.58. The van der Waals surface area contributed by atoms with Crippen LogP contribution in [0, 0.1) is 0 Å². The molecule has 2 heterocycles. The fourth-order valence-electron chi connectivity index (χ4n) is 2.03. The first kappa shape index (κ1) is 8.02. The van der Waals surface area contributed by atoms with Crippen molar-refractivity contribution < 1.29 is 4.74 Å². The van der Waals surface area contributed by atoms with Crippen LogP contribution in [0.25, 0.3) is 0 Å². The van der Waals surface area contributed by atoms with Crippen molar-refractivity contribution in [1.29, 1.82) is 0 Å². The van der Waals surface area contributed by atoms with E-state index in [0.717, 1.165) is 18.0 Å². The monoisotopic (exact) mass is 219 g/mol. The van der Waals surface area contributed by atoms with Crippen molar-refractivity contribution in [3.05, 3.63) is 0 Å². The maximum atomic E-state index is 5.49. The zero-order chi connectivity index (χ0) is 7.84. The van der Waals surface area contributed by atoms with Crippen LogP contribution in [-0.2, 0) is 4.74 Å². The molecule has 2 rings (SSSR count). The second kappa shape index (κ2) is 3.04. The molecule has 0 aromatic rings. The lowest BCUT2D eigenvalue weighted by Gasteiger charge is -2.45. The van der Waals surface area contributed by atoms with Crippen molar-refractivity contribution in [2.75, 3.05) is 20.3 Å². The lowest BCUT2D eigenvalue weighted by atomic mass is 9.95. The Labute approximate surface area is 76.0 Å². The highest BCUT2D eigenvalue weighted by molar-refractivity contribution is 9.09. The van der Waals surface area contributed by atoms with Crippen molar-refractivity contribution >= 4 is 15.9 Å². The highest BCUT2D eigenvalue weighted by Gasteiger charge is 2.35. The molecule has 2 aliphatic rings. The normalized spacial score (nSPS) is 45.8. The third kappa shape index (κ3) is 1.46. The standard InChI is InChI=1S/C8H14BrNO/c1-10-7-2-6(9)3-8(10)5-11-4-7/h6-8H,2-5H2,1H3. The minimum Gasteiger partial charge on any atom is -0.378 e. The summed E-state index contributed by atoms with van der Waals surface area (Å²) in [6, 6.07) is 1.32. The number of ether oxygens (including phenoxy) is 1. The highest BCUT2D eigenvalue weighted by Crippen LogP contribution is 2.29. The van der Waals surface area contributed by atoms with E-state index in [2.05, 4.69) is 27.9 Å². The maximum Gasteiger partial charge on any atom is 0.0623 e. The number of fused-ring (bicyclic) bond motifs is 2. The molecule has 11 heavy (non-hydrogen) atoms. The summed E-state index contributed by atoms with van der Waals surface area (Å²) >= 11 is 3.69. The van der Waals surface area contributed by atoms with Gasteiger partial charge < -0.3 is 4.74 Å². The summed E-state index contributed by atoms with van der Waals surface area (Å²) in [5.74, 6) is 0. The molecule has 0 spiro atoms. The molecule has 3 heteroatoms. The topological polar surface area (TPSA) is 12.5 Å². The van der Waals surface area contributed by atoms with E-state index in [1.165, 1.54) is 12.8 Å². The fraction of sp³-hybridized carbons (Fsp3) is 1.00. The molecular formula is C8H14BrNO. The van der Waals surface area contributed by atoms with Gasteiger partial charge in [0, 0.05) is 16.9 Å². The fourth-order valence-corrected chi connectivity index (χ4v) is 2.89. The number of hydrogen-bond acceptors (Lipinski definition) is 2. The molecular weight excluding hydrogens is 206 g/mol. The van der Waals surface area contributed by atoms with Crippen molar-refractivity contribution in [2.24, 2.45) is 0 Å². The minimum atomic E-state index is 0.659. The van der Waals surface area contributed by atoms with Crippen molar-refractivity contribution in [3.8, 4) is 0 Å². The van der Waals surface area contributed by atoms with E-state index >= 15 is 0 Å². The molecule has 2 nitrogen and oxygen atoms in total. The van der Waals surface area contributed by atoms with Gasteiger partial charge >= 0.3 is 0 Å². The van der Waals surface area contributed by atoms with E-state index in [1.54, 1.807) is 0 Å². The maximum absolute atomic E-state index is 5.49. The number of morpholine rings is 1. The first-order chi connectivity index (χ1) is 5.27. The van der Waals surface area contributed by atoms with Gasteiger partial charge in [-0.05, 0) is 19.9 Å². The van der Waals surface area contributed by atoms with E-state index in [-0.39, 0.29) is 0 Å². The number of rotatable bonds is 0. The van der Waals surface area contributed by atoms with Crippen LogP contribution >= 0.6 is 15.9 Å². The van der Waals surface area contributed by atoms with Crippen LogP contribution in [0.5, 0.6) is 0 Å². The molecule has 0 aromatic carbocycles. The van der Waals surface area contributed by atoms with Crippen molar-refractivity contribution in [3.63, 3.8) is 0 Å². The van der Waals surface area contributed by atoms with Gasteiger partial charge in [-0.2, -0.15) is 0 Å². The Balaban J connectivity index is 2.07. The Bertz CT molecular complexity index is 139. The molecule has 0 aromatic heterocycles. The Kier molecular flexibility index (Phi) is 2.21. The molecule has 2 fully saturated rings. The molecule has 0 amide bonds. The smallest absolute Gasteiger partial charge is 0.0623 e. The molecule has 2 aliphatic heterocycles. The van der Waals surface area contributed by atoms with Gasteiger partial charge in [-0.1, -0.05) is 15.9 Å². The number of nitrogens with zero attached hydrogens (tertiary/aromatic N) is 1. The van der Waals surface area contributed by atoms with Crippen LogP contribution < -0.4 is 0 Å². The highest BCUT2D eigenvalue weighted by atomic mass is 79.9. The Morgan fingerprint density at radius 1 is 1.27 bits per heavy atom. The third-order valence-electron chi connectivity index (χ3n) is 2.83. The number of alkyl halides is 1. The van der Waals surface area contributed by atoms with Crippen LogP contribution in [0.4, 0.5) is 0 Å². The second-order valence-corrected chi connectivity index (χ2v) is 4.87. The SMILES string of the molecule is CN1C2COCC1CC(Br)C2. The molecule has 0 aliphatic carbocycles. The second-order valence-electron chi connectivity index (χ2n) is 3.58. The first-order valence-corrected chi connectivity index (χ1v) is 5.12. The molecule has 2 unspecified atom stereocenters. The number of likely N-dealkylation sites (N-methyl/N-ethyl adjacent to an activating group) is 1. The summed E-state index contributed by atoms with van der Waals surface area (Å²) in [4.78, 5) is 3.19. The largest absolute Gasteiger partial charge is 0.378 e. The van der Waals surface area contributed by atoms with Crippen LogP contribution in [0.2, 0.25) is 0 Å². The summed E-state index contributed by atoms with van der Waals surface area (Å²) in [5, 5.41) is 0. The van der Waals surface area contributed by atoms with Gasteiger partial charge in [-0.15, -0.1) is 0 Å². The van der Waals surface area contributed by atoms with Gasteiger partial charge in [0.1, 0.15) is 0 Å². The lowest BCUT2D eigenvalue weighted by molar-refractivity contribution is -0.0573. The predicted octanol–water partition coefficient (Wildman–Crippen LogP) is 1.24. The molecule has 0 N–H and O–H groups in total. The number of piperidine rings is 1. The molecule has 2 atom stereocenters. The van der Waals surface area contributed by atoms with E-state index in [9.17, 15) is 0 Å². The summed E-state index contributed by atoms with van der Waals surface area (Å²) in [7, 11) is 2.22. The van der Waals surface area contributed by atoms with Gasteiger partial charge in [-0.25, -0.2) is 0 Å². The van der Waals surface area contributed by atoms with Crippen LogP contribution in [0.15, 0.2) is 0 Å². The molecule has 2 bridgehead atoms. The average Bonchev–Trinajstić information content (AvgIpc) is 1.92. The van der Waals surface area contributed by atoms with Gasteiger partial charge in [0.05, 0.1) is 13.2 Å². The van der Waals surface area contributed by atoms with E-state index in [0.29, 0.717) is 12.1 Å². The van der Waals surface area contributed by atoms with Gasteiger partial charge in [0.15, 0.2) is 0 Å². The predicted molar refractivity (Wildman–Crippen MR) is 48.1 cm³/mol. The lowest BCUT2D eigenvalue weighted by Crippen LogP contribution is -2.55. The van der Waals surface area contributed by atoms with Gasteiger partial charge in [-0.3, -0.25) is 4.90 Å². The zero-order valence-corrected chi connectivity index (χ0v) is 8.38. The average molecular weight is 220 g/mol. The van der Waals surface area contributed by atoms with Crippen LogP contribution in [0.1, 0.15) is 12.8 Å². The molecule has 0 saturated carbocycles. The van der Waals surface area contributed by atoms with Crippen molar-refractivity contribution in [2.45, 2.75) is 29.8 Å². The summed E-state index contributed by atoms with van der Waals surface area (Å²) in [5.41, 5.74) is 0. The first-order valence-electron chi connectivity index (χ1n) is 4.21. The molecule has 2 saturated heterocycles. The summed E-state index contributed by atoms with van der Waals surface area (Å²) < 4.78 is 5.49. The van der Waals surface area contributed by atoms with Gasteiger partial charge in [0.2, 0.25) is 0 Å². The Morgan fingerprint density at radius 3 is 2.36 bits per heavy atom.